The summed E-state index contributed by atoms with van der Waals surface area (Å²) in [5, 5.41) is 12.4. The van der Waals surface area contributed by atoms with E-state index in [-0.39, 0.29) is 23.4 Å². The van der Waals surface area contributed by atoms with Crippen LogP contribution in [0, 0.1) is 0 Å². The van der Waals surface area contributed by atoms with Crippen molar-refractivity contribution >= 4 is 11.7 Å². The van der Waals surface area contributed by atoms with Gasteiger partial charge < -0.3 is 5.32 Å². The van der Waals surface area contributed by atoms with Crippen molar-refractivity contribution in [2.45, 2.75) is 31.7 Å². The fourth-order valence-corrected chi connectivity index (χ4v) is 1.65. The molecule has 0 saturated heterocycles. The first-order chi connectivity index (χ1) is 7.25. The molecule has 0 radical (unpaired) electrons. The molecule has 6 heteroatoms. The summed E-state index contributed by atoms with van der Waals surface area (Å²) in [6.07, 6.45) is 3.95. The molecule has 0 unspecified atom stereocenters. The first kappa shape index (κ1) is 9.82. The fourth-order valence-electron chi connectivity index (χ4n) is 1.65. The van der Waals surface area contributed by atoms with Crippen molar-refractivity contribution in [3.8, 4) is 0 Å². The minimum absolute atomic E-state index is 0.0897. The van der Waals surface area contributed by atoms with E-state index in [0.29, 0.717) is 12.8 Å². The van der Waals surface area contributed by atoms with E-state index >= 15 is 0 Å². The number of rotatable bonds is 2. The molecule has 0 aliphatic heterocycles. The van der Waals surface area contributed by atoms with Crippen molar-refractivity contribution in [2.24, 2.45) is 0 Å². The number of carbonyl (C=O) groups excluding carboxylic acids is 2. The van der Waals surface area contributed by atoms with Gasteiger partial charge in [-0.3, -0.25) is 9.59 Å². The summed E-state index contributed by atoms with van der Waals surface area (Å²) in [5.74, 6) is 0.0463. The van der Waals surface area contributed by atoms with E-state index in [1.54, 1.807) is 0 Å². The van der Waals surface area contributed by atoms with E-state index in [2.05, 4.69) is 20.7 Å². The fraction of sp³-hybridized carbons (Fsp3) is 0.556. The Bertz CT molecular complexity index is 350. The topological polar surface area (TPSA) is 87.7 Å². The van der Waals surface area contributed by atoms with Gasteiger partial charge in [0.05, 0.1) is 6.20 Å². The molecule has 6 nitrogen and oxygen atoms in total. The molecule has 1 amide bonds. The van der Waals surface area contributed by atoms with Crippen LogP contribution in [0.2, 0.25) is 0 Å². The van der Waals surface area contributed by atoms with E-state index in [0.717, 1.165) is 12.8 Å². The number of hydrogen-bond donors (Lipinski definition) is 2. The van der Waals surface area contributed by atoms with Crippen molar-refractivity contribution in [1.29, 1.82) is 0 Å². The highest BCUT2D eigenvalue weighted by molar-refractivity contribution is 5.92. The van der Waals surface area contributed by atoms with Crippen molar-refractivity contribution in [3.63, 3.8) is 0 Å². The molecule has 1 aliphatic carbocycles. The standard InChI is InChI=1S/C9H12N4O2/c14-7-3-1-6(2-4-7)11-9(15)8-5-10-13-12-8/h5-6H,1-4H2,(H,11,15)(H,10,12,13). The Morgan fingerprint density at radius 2 is 2.20 bits per heavy atom. The van der Waals surface area contributed by atoms with Gasteiger partial charge in [0.15, 0.2) is 5.69 Å². The Balaban J connectivity index is 1.87. The zero-order chi connectivity index (χ0) is 10.7. The van der Waals surface area contributed by atoms with Crippen LogP contribution in [0.15, 0.2) is 6.20 Å². The molecule has 1 aliphatic rings. The van der Waals surface area contributed by atoms with Crippen LogP contribution in [0.5, 0.6) is 0 Å². The summed E-state index contributed by atoms with van der Waals surface area (Å²) in [5.41, 5.74) is 0.284. The SMILES string of the molecule is O=C1CCC(NC(=O)c2cn[nH]n2)CC1. The number of H-pyrrole nitrogens is 1. The third kappa shape index (κ3) is 2.39. The Labute approximate surface area is 86.4 Å². The lowest BCUT2D eigenvalue weighted by atomic mass is 9.94. The second-order valence-corrected chi connectivity index (χ2v) is 3.64. The van der Waals surface area contributed by atoms with Gasteiger partial charge >= 0.3 is 0 Å². The Morgan fingerprint density at radius 1 is 1.47 bits per heavy atom. The van der Waals surface area contributed by atoms with Gasteiger partial charge in [0.2, 0.25) is 0 Å². The summed E-state index contributed by atoms with van der Waals surface area (Å²) < 4.78 is 0. The maximum atomic E-state index is 11.5. The molecule has 0 atom stereocenters. The maximum absolute atomic E-state index is 11.5. The minimum Gasteiger partial charge on any atom is -0.348 e. The smallest absolute Gasteiger partial charge is 0.273 e. The van der Waals surface area contributed by atoms with Crippen LogP contribution in [0.4, 0.5) is 0 Å². The molecule has 0 spiro atoms. The molecule has 1 aromatic rings. The van der Waals surface area contributed by atoms with Gasteiger partial charge in [-0.1, -0.05) is 0 Å². The quantitative estimate of drug-likeness (QED) is 0.718. The highest BCUT2D eigenvalue weighted by atomic mass is 16.2. The second kappa shape index (κ2) is 4.20. The monoisotopic (exact) mass is 208 g/mol. The minimum atomic E-state index is -0.233. The average Bonchev–Trinajstić information content (AvgIpc) is 2.74. The molecule has 1 aromatic heterocycles. The van der Waals surface area contributed by atoms with E-state index in [4.69, 9.17) is 0 Å². The number of hydrogen-bond acceptors (Lipinski definition) is 4. The summed E-state index contributed by atoms with van der Waals surface area (Å²) >= 11 is 0. The summed E-state index contributed by atoms with van der Waals surface area (Å²) in [6, 6.07) is 0.0897. The third-order valence-corrected chi connectivity index (χ3v) is 2.53. The predicted octanol–water partition coefficient (Wildman–Crippen LogP) is 0.0462. The first-order valence-electron chi connectivity index (χ1n) is 4.94. The Morgan fingerprint density at radius 3 is 2.80 bits per heavy atom. The van der Waals surface area contributed by atoms with Crippen molar-refractivity contribution < 1.29 is 9.59 Å². The van der Waals surface area contributed by atoms with Gasteiger partial charge in [-0.2, -0.15) is 15.4 Å². The van der Waals surface area contributed by atoms with E-state index in [1.807, 2.05) is 0 Å². The molecule has 0 bridgehead atoms. The normalized spacial score (nSPS) is 17.7. The van der Waals surface area contributed by atoms with Crippen LogP contribution in [0.25, 0.3) is 0 Å². The molecule has 2 rings (SSSR count). The first-order valence-corrected chi connectivity index (χ1v) is 4.94. The lowest BCUT2D eigenvalue weighted by Crippen LogP contribution is -2.37. The van der Waals surface area contributed by atoms with Crippen LogP contribution in [0.3, 0.4) is 0 Å². The number of aromatic amines is 1. The van der Waals surface area contributed by atoms with Gasteiger partial charge in [-0.15, -0.1) is 0 Å². The number of nitrogens with zero attached hydrogens (tertiary/aromatic N) is 2. The number of amides is 1. The average molecular weight is 208 g/mol. The Kier molecular flexibility index (Phi) is 2.75. The van der Waals surface area contributed by atoms with Crippen LogP contribution in [0.1, 0.15) is 36.2 Å². The van der Waals surface area contributed by atoms with E-state index < -0.39 is 0 Å². The molecule has 1 fully saturated rings. The number of Topliss-reactive ketones (excluding diaryl/α,β-unsaturated/α-hetero) is 1. The second-order valence-electron chi connectivity index (χ2n) is 3.64. The van der Waals surface area contributed by atoms with Gasteiger partial charge in [0.25, 0.3) is 5.91 Å². The summed E-state index contributed by atoms with van der Waals surface area (Å²) in [7, 11) is 0. The molecule has 2 N–H and O–H groups in total. The number of nitrogens with one attached hydrogen (secondary N) is 2. The van der Waals surface area contributed by atoms with E-state index in [1.165, 1.54) is 6.20 Å². The maximum Gasteiger partial charge on any atom is 0.273 e. The molecular formula is C9H12N4O2. The third-order valence-electron chi connectivity index (χ3n) is 2.53. The van der Waals surface area contributed by atoms with Crippen LogP contribution in [-0.2, 0) is 4.79 Å². The van der Waals surface area contributed by atoms with Crippen molar-refractivity contribution in [2.75, 3.05) is 0 Å². The lowest BCUT2D eigenvalue weighted by molar-refractivity contribution is -0.120. The van der Waals surface area contributed by atoms with Gasteiger partial charge in [-0.25, -0.2) is 0 Å². The molecule has 1 saturated carbocycles. The molecule has 1 heterocycles. The molecular weight excluding hydrogens is 196 g/mol. The molecule has 0 aromatic carbocycles. The predicted molar refractivity (Wildman–Crippen MR) is 51.1 cm³/mol. The zero-order valence-electron chi connectivity index (χ0n) is 8.19. The molecule has 80 valence electrons. The Hall–Kier alpha value is -1.72. The number of aromatic nitrogens is 3. The van der Waals surface area contributed by atoms with Crippen molar-refractivity contribution in [1.82, 2.24) is 20.7 Å². The van der Waals surface area contributed by atoms with Crippen molar-refractivity contribution in [3.05, 3.63) is 11.9 Å². The van der Waals surface area contributed by atoms with Gasteiger partial charge in [-0.05, 0) is 12.8 Å². The van der Waals surface area contributed by atoms with E-state index in [9.17, 15) is 9.59 Å². The largest absolute Gasteiger partial charge is 0.348 e. The van der Waals surface area contributed by atoms with Crippen LogP contribution in [-0.4, -0.2) is 33.1 Å². The van der Waals surface area contributed by atoms with Gasteiger partial charge in [0, 0.05) is 18.9 Å². The molecule has 15 heavy (non-hydrogen) atoms. The number of carbonyl (C=O) groups is 2. The summed E-state index contributed by atoms with van der Waals surface area (Å²) in [4.78, 5) is 22.5. The van der Waals surface area contributed by atoms with Gasteiger partial charge in [0.1, 0.15) is 5.78 Å². The summed E-state index contributed by atoms with van der Waals surface area (Å²) in [6.45, 7) is 0. The highest BCUT2D eigenvalue weighted by Crippen LogP contribution is 2.14. The van der Waals surface area contributed by atoms with Crippen LogP contribution < -0.4 is 5.32 Å². The lowest BCUT2D eigenvalue weighted by Gasteiger charge is -2.21. The van der Waals surface area contributed by atoms with Crippen LogP contribution >= 0.6 is 0 Å². The zero-order valence-corrected chi connectivity index (χ0v) is 8.19. The highest BCUT2D eigenvalue weighted by Gasteiger charge is 2.21. The number of ketones is 1.